The van der Waals surface area contributed by atoms with Crippen LogP contribution in [-0.4, -0.2) is 41.7 Å². The highest BCUT2D eigenvalue weighted by molar-refractivity contribution is 8.19. The Kier molecular flexibility index (Phi) is 7.90. The molecule has 2 aromatic carbocycles. The Morgan fingerprint density at radius 1 is 1.29 bits per heavy atom. The predicted octanol–water partition coefficient (Wildman–Crippen LogP) is 4.47. The number of aliphatic imine (C=N–C) groups is 1. The number of hydrogen-bond donors (Lipinski definition) is 1. The number of nitrogens with zero attached hydrogens (tertiary/aromatic N) is 2. The minimum Gasteiger partial charge on any atom is -0.489 e. The minimum absolute atomic E-state index is 0.139. The quantitative estimate of drug-likeness (QED) is 0.466. The van der Waals surface area contributed by atoms with Gasteiger partial charge in [-0.3, -0.25) is 14.7 Å². The van der Waals surface area contributed by atoms with E-state index in [1.54, 1.807) is 29.2 Å². The van der Waals surface area contributed by atoms with E-state index < -0.39 is 6.10 Å². The van der Waals surface area contributed by atoms with Crippen molar-refractivity contribution in [2.75, 3.05) is 18.1 Å². The van der Waals surface area contributed by atoms with E-state index in [0.717, 1.165) is 23.2 Å². The van der Waals surface area contributed by atoms with Gasteiger partial charge in [0.1, 0.15) is 18.5 Å². The average Bonchev–Trinajstić information content (AvgIpc) is 3.06. The maximum Gasteiger partial charge on any atom is 0.271 e. The van der Waals surface area contributed by atoms with Crippen molar-refractivity contribution >= 4 is 52.5 Å². The molecule has 3 rings (SSSR count). The lowest BCUT2D eigenvalue weighted by atomic mass is 10.1. The van der Waals surface area contributed by atoms with Crippen LogP contribution in [-0.2, 0) is 9.59 Å². The number of aliphatic hydroxyl groups excluding tert-OH is 1. The van der Waals surface area contributed by atoms with Crippen molar-refractivity contribution in [1.29, 1.82) is 0 Å². The smallest absolute Gasteiger partial charge is 0.271 e. The molecular formula is C23H23ClN2O4S. The molecule has 1 amide bonds. The summed E-state index contributed by atoms with van der Waals surface area (Å²) in [5, 5.41) is 10.3. The van der Waals surface area contributed by atoms with Crippen LogP contribution in [0.15, 0.2) is 52.4 Å². The molecular weight excluding hydrogens is 436 g/mol. The Bertz CT molecular complexity index is 1040. The fourth-order valence-electron chi connectivity index (χ4n) is 2.90. The van der Waals surface area contributed by atoms with Crippen LogP contribution < -0.4 is 9.64 Å². The van der Waals surface area contributed by atoms with Crippen molar-refractivity contribution in [3.63, 3.8) is 0 Å². The molecule has 1 heterocycles. The number of carbonyl (C=O) groups is 2. The van der Waals surface area contributed by atoms with E-state index in [1.807, 2.05) is 38.1 Å². The third-order valence-corrected chi connectivity index (χ3v) is 5.76. The van der Waals surface area contributed by atoms with E-state index >= 15 is 0 Å². The van der Waals surface area contributed by atoms with Gasteiger partial charge in [0.05, 0.1) is 15.6 Å². The lowest BCUT2D eigenvalue weighted by Gasteiger charge is -2.18. The number of aldehydes is 1. The van der Waals surface area contributed by atoms with E-state index in [1.165, 1.54) is 11.8 Å². The molecule has 1 saturated heterocycles. The summed E-state index contributed by atoms with van der Waals surface area (Å²) in [5.41, 5.74) is 2.53. The number of rotatable bonds is 8. The molecule has 162 valence electrons. The first kappa shape index (κ1) is 23.1. The predicted molar refractivity (Wildman–Crippen MR) is 126 cm³/mol. The van der Waals surface area contributed by atoms with Crippen molar-refractivity contribution in [1.82, 2.24) is 0 Å². The van der Waals surface area contributed by atoms with Crippen LogP contribution >= 0.6 is 23.4 Å². The van der Waals surface area contributed by atoms with Crippen molar-refractivity contribution < 1.29 is 19.4 Å². The number of carbonyl (C=O) groups excluding carboxylic acids is 2. The van der Waals surface area contributed by atoms with Crippen LogP contribution in [0, 0.1) is 6.92 Å². The number of ether oxygens (including phenoxy) is 1. The van der Waals surface area contributed by atoms with Gasteiger partial charge in [-0.1, -0.05) is 42.8 Å². The lowest BCUT2D eigenvalue weighted by molar-refractivity contribution is -0.116. The van der Waals surface area contributed by atoms with Gasteiger partial charge in [0.15, 0.2) is 11.5 Å². The highest BCUT2D eigenvalue weighted by atomic mass is 35.5. The van der Waals surface area contributed by atoms with Crippen LogP contribution in [0.4, 0.5) is 5.69 Å². The summed E-state index contributed by atoms with van der Waals surface area (Å²) in [6.07, 6.45) is 1.84. The maximum absolute atomic E-state index is 13.2. The summed E-state index contributed by atoms with van der Waals surface area (Å²) in [5.74, 6) is 0.210. The molecule has 8 heteroatoms. The van der Waals surface area contributed by atoms with Gasteiger partial charge >= 0.3 is 0 Å². The van der Waals surface area contributed by atoms with Gasteiger partial charge in [-0.05, 0) is 60.5 Å². The van der Waals surface area contributed by atoms with Crippen LogP contribution in [0.1, 0.15) is 24.5 Å². The fourth-order valence-corrected chi connectivity index (χ4v) is 4.15. The number of halogens is 1. The Morgan fingerprint density at radius 2 is 2.06 bits per heavy atom. The number of aliphatic hydroxyl groups is 1. The Hall–Kier alpha value is -2.61. The molecule has 1 N–H and O–H groups in total. The third-order valence-electron chi connectivity index (χ3n) is 4.45. The first-order valence-corrected chi connectivity index (χ1v) is 11.0. The number of anilines is 1. The lowest BCUT2D eigenvalue weighted by Crippen LogP contribution is -2.29. The van der Waals surface area contributed by atoms with Gasteiger partial charge in [-0.2, -0.15) is 0 Å². The molecule has 1 aliphatic rings. The normalized spacial score (nSPS) is 17.4. The van der Waals surface area contributed by atoms with Gasteiger partial charge in [0.2, 0.25) is 0 Å². The molecule has 1 atom stereocenters. The molecule has 0 saturated carbocycles. The molecule has 0 spiro atoms. The Labute approximate surface area is 190 Å². The van der Waals surface area contributed by atoms with Crippen molar-refractivity contribution in [2.24, 2.45) is 4.99 Å². The summed E-state index contributed by atoms with van der Waals surface area (Å²) < 4.78 is 5.35. The molecule has 0 unspecified atom stereocenters. The highest BCUT2D eigenvalue weighted by Crippen LogP contribution is 2.38. The van der Waals surface area contributed by atoms with Gasteiger partial charge in [0.25, 0.3) is 5.91 Å². The second-order valence-electron chi connectivity index (χ2n) is 6.91. The standard InChI is InChI=1S/C23H23ClN2O4S/c1-3-10-25-23-26(19-7-5-4-6-15(19)2)22(29)21(31-23)12-16-8-9-20(18(24)11-16)30-14-17(28)13-27/h4-9,11-13,17,28H,3,10,14H2,1-2H3/b21-12-,25-23+/t17-/m0/s1. The van der Waals surface area contributed by atoms with Gasteiger partial charge < -0.3 is 14.6 Å². The molecule has 0 bridgehead atoms. The van der Waals surface area contributed by atoms with Crippen LogP contribution in [0.2, 0.25) is 5.02 Å². The van der Waals surface area contributed by atoms with E-state index in [-0.39, 0.29) is 12.5 Å². The van der Waals surface area contributed by atoms with Gasteiger partial charge in [-0.25, -0.2) is 0 Å². The third kappa shape index (κ3) is 5.55. The largest absolute Gasteiger partial charge is 0.489 e. The number of amidine groups is 1. The summed E-state index contributed by atoms with van der Waals surface area (Å²) in [7, 11) is 0. The zero-order valence-corrected chi connectivity index (χ0v) is 18.8. The van der Waals surface area contributed by atoms with Crippen LogP contribution in [0.25, 0.3) is 6.08 Å². The topological polar surface area (TPSA) is 79.2 Å². The summed E-state index contributed by atoms with van der Waals surface area (Å²) in [6, 6.07) is 12.8. The van der Waals surface area contributed by atoms with E-state index in [4.69, 9.17) is 16.3 Å². The maximum atomic E-state index is 13.2. The van der Waals surface area contributed by atoms with Gasteiger partial charge in [0, 0.05) is 6.54 Å². The minimum atomic E-state index is -1.21. The van der Waals surface area contributed by atoms with Crippen LogP contribution in [0.5, 0.6) is 5.75 Å². The van der Waals surface area contributed by atoms with Crippen molar-refractivity contribution in [2.45, 2.75) is 26.4 Å². The van der Waals surface area contributed by atoms with E-state index in [2.05, 4.69) is 4.99 Å². The molecule has 1 fully saturated rings. The second kappa shape index (κ2) is 10.6. The number of aryl methyl sites for hydroxylation is 1. The number of amides is 1. The fraction of sp³-hybridized carbons (Fsp3) is 0.261. The number of hydrogen-bond acceptors (Lipinski definition) is 6. The SMILES string of the molecule is CCC/N=C1/S/C(=C\c2ccc(OC[C@@H](O)C=O)c(Cl)c2)C(=O)N1c1ccccc1C. The summed E-state index contributed by atoms with van der Waals surface area (Å²) >= 11 is 7.60. The molecule has 31 heavy (non-hydrogen) atoms. The molecule has 0 aliphatic carbocycles. The Balaban J connectivity index is 1.88. The van der Waals surface area contributed by atoms with Crippen molar-refractivity contribution in [3.05, 3.63) is 63.5 Å². The van der Waals surface area contributed by atoms with Crippen molar-refractivity contribution in [3.8, 4) is 5.75 Å². The summed E-state index contributed by atoms with van der Waals surface area (Å²) in [4.78, 5) is 30.6. The molecule has 1 aliphatic heterocycles. The molecule has 2 aromatic rings. The monoisotopic (exact) mass is 458 g/mol. The average molecular weight is 459 g/mol. The molecule has 6 nitrogen and oxygen atoms in total. The first-order chi connectivity index (χ1) is 14.9. The highest BCUT2D eigenvalue weighted by Gasteiger charge is 2.35. The Morgan fingerprint density at radius 3 is 2.74 bits per heavy atom. The van der Waals surface area contributed by atoms with Crippen LogP contribution in [0.3, 0.4) is 0 Å². The van der Waals surface area contributed by atoms with E-state index in [9.17, 15) is 14.7 Å². The zero-order chi connectivity index (χ0) is 22.4. The van der Waals surface area contributed by atoms with E-state index in [0.29, 0.717) is 33.7 Å². The molecule has 0 radical (unpaired) electrons. The number of benzene rings is 2. The first-order valence-electron chi connectivity index (χ1n) is 9.84. The molecule has 0 aromatic heterocycles. The number of thioether (sulfide) groups is 1. The van der Waals surface area contributed by atoms with Gasteiger partial charge in [-0.15, -0.1) is 0 Å². The second-order valence-corrected chi connectivity index (χ2v) is 8.32. The summed E-state index contributed by atoms with van der Waals surface area (Å²) in [6.45, 7) is 4.46. The zero-order valence-electron chi connectivity index (χ0n) is 17.2. The number of para-hydroxylation sites is 1.